The molecule has 1 N–H and O–H groups in total. The molecule has 0 amide bonds. The van der Waals surface area contributed by atoms with Gasteiger partial charge in [0.15, 0.2) is 0 Å². The second-order valence-corrected chi connectivity index (χ2v) is 6.74. The molecule has 0 spiro atoms. The van der Waals surface area contributed by atoms with Crippen molar-refractivity contribution < 1.29 is 9.90 Å². The minimum absolute atomic E-state index is 0.134. The Hall–Kier alpha value is -1.04. The fourth-order valence-electron chi connectivity index (χ4n) is 2.94. The van der Waals surface area contributed by atoms with E-state index >= 15 is 0 Å². The van der Waals surface area contributed by atoms with Gasteiger partial charge in [-0.3, -0.25) is 9.69 Å². The van der Waals surface area contributed by atoms with Crippen LogP contribution < -0.4 is 0 Å². The number of piperazine rings is 1. The second-order valence-electron chi connectivity index (χ2n) is 5.86. The molecule has 1 unspecified atom stereocenters. The molecule has 21 heavy (non-hydrogen) atoms. The average molecular weight is 308 g/mol. The summed E-state index contributed by atoms with van der Waals surface area (Å²) in [5.41, 5.74) is 0.650. The van der Waals surface area contributed by atoms with Gasteiger partial charge in [-0.1, -0.05) is 12.1 Å². The first kappa shape index (κ1) is 16.3. The number of aliphatic carboxylic acids is 1. The van der Waals surface area contributed by atoms with Crippen LogP contribution in [0.25, 0.3) is 0 Å². The Kier molecular flexibility index (Phi) is 5.30. The molecule has 1 aromatic rings. The van der Waals surface area contributed by atoms with Crippen LogP contribution in [0.15, 0.2) is 29.2 Å². The number of likely N-dealkylation sites (N-methyl/N-ethyl adjacent to an activating group) is 1. The summed E-state index contributed by atoms with van der Waals surface area (Å²) in [6, 6.07) is 8.31. The largest absolute Gasteiger partial charge is 0.481 e. The maximum absolute atomic E-state index is 11.4. The van der Waals surface area contributed by atoms with E-state index in [0.29, 0.717) is 0 Å². The molecule has 2 rings (SSSR count). The Morgan fingerprint density at radius 3 is 2.29 bits per heavy atom. The van der Waals surface area contributed by atoms with Gasteiger partial charge in [0.2, 0.25) is 0 Å². The van der Waals surface area contributed by atoms with Crippen LogP contribution in [-0.2, 0) is 10.3 Å². The lowest BCUT2D eigenvalue weighted by Gasteiger charge is -2.45. The first-order valence-corrected chi connectivity index (χ1v) is 8.48. The lowest BCUT2D eigenvalue weighted by molar-refractivity contribution is -0.140. The number of benzene rings is 1. The molecular formula is C16H24N2O2S. The molecule has 1 fully saturated rings. The standard InChI is InChI=1S/C16H24N2O2S/c1-16(12-15(19)20,18-10-8-17(2)9-11-18)13-4-6-14(21-3)7-5-13/h4-7H,8-12H2,1-3H3,(H,19,20). The molecule has 0 aliphatic carbocycles. The number of thioether (sulfide) groups is 1. The van der Waals surface area contributed by atoms with E-state index in [0.717, 1.165) is 31.7 Å². The van der Waals surface area contributed by atoms with Crippen LogP contribution in [-0.4, -0.2) is 60.4 Å². The number of carboxylic acids is 1. The third-order valence-corrected chi connectivity index (χ3v) is 5.15. The van der Waals surface area contributed by atoms with E-state index in [9.17, 15) is 9.90 Å². The average Bonchev–Trinajstić information content (AvgIpc) is 2.47. The zero-order valence-corrected chi connectivity index (χ0v) is 13.8. The van der Waals surface area contributed by atoms with Crippen molar-refractivity contribution in [3.05, 3.63) is 29.8 Å². The van der Waals surface area contributed by atoms with E-state index in [1.54, 1.807) is 11.8 Å². The minimum atomic E-state index is -0.745. The highest BCUT2D eigenvalue weighted by atomic mass is 32.2. The third kappa shape index (κ3) is 3.78. The van der Waals surface area contributed by atoms with Gasteiger partial charge in [-0.05, 0) is 37.9 Å². The van der Waals surface area contributed by atoms with Gasteiger partial charge in [-0.25, -0.2) is 0 Å². The van der Waals surface area contributed by atoms with Crippen LogP contribution in [0, 0.1) is 0 Å². The summed E-state index contributed by atoms with van der Waals surface area (Å²) in [7, 11) is 2.11. The SMILES string of the molecule is CSc1ccc(C(C)(CC(=O)O)N2CCN(C)CC2)cc1. The Morgan fingerprint density at radius 2 is 1.81 bits per heavy atom. The van der Waals surface area contributed by atoms with Crippen LogP contribution in [0.1, 0.15) is 18.9 Å². The number of hydrogen-bond donors (Lipinski definition) is 1. The van der Waals surface area contributed by atoms with E-state index in [2.05, 4.69) is 48.0 Å². The van der Waals surface area contributed by atoms with Crippen LogP contribution >= 0.6 is 11.8 Å². The smallest absolute Gasteiger partial charge is 0.305 e. The topological polar surface area (TPSA) is 43.8 Å². The third-order valence-electron chi connectivity index (χ3n) is 4.41. The molecule has 1 aliphatic heterocycles. The molecule has 1 saturated heterocycles. The summed E-state index contributed by atoms with van der Waals surface area (Å²) in [4.78, 5) is 17.2. The molecule has 1 aromatic carbocycles. The molecule has 116 valence electrons. The highest BCUT2D eigenvalue weighted by Gasteiger charge is 2.37. The lowest BCUT2D eigenvalue weighted by Crippen LogP contribution is -2.54. The van der Waals surface area contributed by atoms with Gasteiger partial charge in [-0.15, -0.1) is 11.8 Å². The predicted molar refractivity (Wildman–Crippen MR) is 86.9 cm³/mol. The maximum atomic E-state index is 11.4. The number of hydrogen-bond acceptors (Lipinski definition) is 4. The summed E-state index contributed by atoms with van der Waals surface area (Å²) in [6.07, 6.45) is 2.18. The van der Waals surface area contributed by atoms with Gasteiger partial charge in [0.25, 0.3) is 0 Å². The zero-order valence-electron chi connectivity index (χ0n) is 13.0. The van der Waals surface area contributed by atoms with Gasteiger partial charge >= 0.3 is 5.97 Å². The highest BCUT2D eigenvalue weighted by Crippen LogP contribution is 2.33. The summed E-state index contributed by atoms with van der Waals surface area (Å²) < 4.78 is 0. The van der Waals surface area contributed by atoms with Gasteiger partial charge in [-0.2, -0.15) is 0 Å². The monoisotopic (exact) mass is 308 g/mol. The molecule has 5 heteroatoms. The number of carboxylic acid groups (broad SMARTS) is 1. The fourth-order valence-corrected chi connectivity index (χ4v) is 3.35. The molecule has 1 heterocycles. The Bertz CT molecular complexity index is 484. The second kappa shape index (κ2) is 6.81. The Morgan fingerprint density at radius 1 is 1.24 bits per heavy atom. The van der Waals surface area contributed by atoms with Gasteiger partial charge in [0.1, 0.15) is 0 Å². The normalized spacial score (nSPS) is 20.1. The van der Waals surface area contributed by atoms with Crippen molar-refractivity contribution in [1.29, 1.82) is 0 Å². The molecule has 1 aliphatic rings. The van der Waals surface area contributed by atoms with E-state index in [1.807, 2.05) is 6.26 Å². The van der Waals surface area contributed by atoms with Crippen molar-refractivity contribution in [2.24, 2.45) is 0 Å². The molecular weight excluding hydrogens is 284 g/mol. The number of nitrogens with zero attached hydrogens (tertiary/aromatic N) is 2. The van der Waals surface area contributed by atoms with Crippen molar-refractivity contribution in [2.45, 2.75) is 23.8 Å². The molecule has 0 aromatic heterocycles. The van der Waals surface area contributed by atoms with Crippen LogP contribution in [0.4, 0.5) is 0 Å². The minimum Gasteiger partial charge on any atom is -0.481 e. The van der Waals surface area contributed by atoms with Gasteiger partial charge in [0.05, 0.1) is 12.0 Å². The van der Waals surface area contributed by atoms with Crippen molar-refractivity contribution in [3.63, 3.8) is 0 Å². The van der Waals surface area contributed by atoms with Crippen molar-refractivity contribution in [3.8, 4) is 0 Å². The maximum Gasteiger partial charge on any atom is 0.305 e. The molecule has 0 bridgehead atoms. The Balaban J connectivity index is 2.28. The molecule has 1 atom stereocenters. The van der Waals surface area contributed by atoms with Crippen LogP contribution in [0.3, 0.4) is 0 Å². The van der Waals surface area contributed by atoms with E-state index < -0.39 is 11.5 Å². The summed E-state index contributed by atoms with van der Waals surface area (Å²) in [5.74, 6) is -0.745. The lowest BCUT2D eigenvalue weighted by atomic mass is 9.86. The van der Waals surface area contributed by atoms with Gasteiger partial charge < -0.3 is 10.0 Å². The summed E-state index contributed by atoms with van der Waals surface area (Å²) in [6.45, 7) is 5.84. The Labute approximate surface area is 131 Å². The van der Waals surface area contributed by atoms with E-state index in [4.69, 9.17) is 0 Å². The van der Waals surface area contributed by atoms with Crippen molar-refractivity contribution in [1.82, 2.24) is 9.80 Å². The van der Waals surface area contributed by atoms with Crippen LogP contribution in [0.5, 0.6) is 0 Å². The highest BCUT2D eigenvalue weighted by molar-refractivity contribution is 7.98. The first-order chi connectivity index (χ1) is 9.95. The quantitative estimate of drug-likeness (QED) is 0.846. The zero-order chi connectivity index (χ0) is 15.5. The first-order valence-electron chi connectivity index (χ1n) is 7.25. The van der Waals surface area contributed by atoms with Crippen molar-refractivity contribution >= 4 is 17.7 Å². The molecule has 4 nitrogen and oxygen atoms in total. The van der Waals surface area contributed by atoms with E-state index in [1.165, 1.54) is 4.90 Å². The summed E-state index contributed by atoms with van der Waals surface area (Å²) >= 11 is 1.70. The molecule has 0 saturated carbocycles. The fraction of sp³-hybridized carbons (Fsp3) is 0.562. The summed E-state index contributed by atoms with van der Waals surface area (Å²) in [5, 5.41) is 9.35. The number of carbonyl (C=O) groups is 1. The molecule has 0 radical (unpaired) electrons. The predicted octanol–water partition coefficient (Wildman–Crippen LogP) is 2.35. The van der Waals surface area contributed by atoms with Crippen LogP contribution in [0.2, 0.25) is 0 Å². The van der Waals surface area contributed by atoms with Crippen molar-refractivity contribution in [2.75, 3.05) is 39.5 Å². The number of rotatable bonds is 5. The van der Waals surface area contributed by atoms with Gasteiger partial charge in [0, 0.05) is 31.1 Å². The van der Waals surface area contributed by atoms with E-state index in [-0.39, 0.29) is 6.42 Å².